The van der Waals surface area contributed by atoms with Crippen LogP contribution in [0.1, 0.15) is 38.2 Å². The Hall–Kier alpha value is -2.34. The van der Waals surface area contributed by atoms with Crippen molar-refractivity contribution in [1.82, 2.24) is 10.1 Å². The van der Waals surface area contributed by atoms with E-state index in [9.17, 15) is 4.79 Å². The molecule has 0 spiro atoms. The molecule has 2 fully saturated rings. The van der Waals surface area contributed by atoms with E-state index in [1.807, 2.05) is 35.2 Å². The first-order valence-corrected chi connectivity index (χ1v) is 9.88. The first-order chi connectivity index (χ1) is 13.2. The average molecular weight is 369 g/mol. The van der Waals surface area contributed by atoms with Crippen molar-refractivity contribution in [2.45, 2.75) is 45.3 Å². The van der Waals surface area contributed by atoms with Crippen LogP contribution in [0, 0.1) is 0 Å². The second-order valence-electron chi connectivity index (χ2n) is 7.41. The van der Waals surface area contributed by atoms with Gasteiger partial charge in [0.15, 0.2) is 0 Å². The summed E-state index contributed by atoms with van der Waals surface area (Å²) in [6, 6.07) is 10.1. The molecule has 2 saturated heterocycles. The number of carbonyl (C=O) groups excluding carboxylic acids is 1. The van der Waals surface area contributed by atoms with Gasteiger partial charge in [-0.2, -0.15) is 0 Å². The van der Waals surface area contributed by atoms with E-state index in [4.69, 9.17) is 9.26 Å². The molecule has 144 valence electrons. The third kappa shape index (κ3) is 4.00. The fourth-order valence-electron chi connectivity index (χ4n) is 3.96. The largest absolute Gasteiger partial charge is 0.376 e. The van der Waals surface area contributed by atoms with Gasteiger partial charge in [0.1, 0.15) is 5.69 Å². The molecule has 0 aliphatic carbocycles. The Balaban J connectivity index is 1.65. The highest BCUT2D eigenvalue weighted by molar-refractivity contribution is 5.75. The molecule has 3 heterocycles. The molecule has 1 atom stereocenters. The predicted molar refractivity (Wildman–Crippen MR) is 103 cm³/mol. The molecule has 1 amide bonds. The molecule has 4 rings (SSSR count). The second kappa shape index (κ2) is 8.13. The maximum atomic E-state index is 12.3. The highest BCUT2D eigenvalue weighted by Gasteiger charge is 2.28. The van der Waals surface area contributed by atoms with Gasteiger partial charge < -0.3 is 19.1 Å². The fourth-order valence-corrected chi connectivity index (χ4v) is 3.96. The van der Waals surface area contributed by atoms with Crippen molar-refractivity contribution in [3.63, 3.8) is 0 Å². The maximum Gasteiger partial charge on any atom is 0.232 e. The Labute approximate surface area is 160 Å². The summed E-state index contributed by atoms with van der Waals surface area (Å²) in [5.74, 6) is 0.864. The van der Waals surface area contributed by atoms with Gasteiger partial charge in [-0.25, -0.2) is 0 Å². The van der Waals surface area contributed by atoms with Crippen LogP contribution in [0.4, 0.5) is 5.88 Å². The summed E-state index contributed by atoms with van der Waals surface area (Å²) in [6.07, 6.45) is 4.53. The molecule has 0 bridgehead atoms. The molecule has 1 aromatic carbocycles. The average Bonchev–Trinajstić information content (AvgIpc) is 3.43. The van der Waals surface area contributed by atoms with Crippen molar-refractivity contribution in [3.05, 3.63) is 35.9 Å². The summed E-state index contributed by atoms with van der Waals surface area (Å²) in [4.78, 5) is 16.5. The summed E-state index contributed by atoms with van der Waals surface area (Å²) in [6.45, 7) is 5.48. The molecule has 0 saturated carbocycles. The summed E-state index contributed by atoms with van der Waals surface area (Å²) in [5, 5.41) is 4.39. The minimum absolute atomic E-state index is 0.0538. The number of rotatable bonds is 6. The van der Waals surface area contributed by atoms with Crippen molar-refractivity contribution in [3.8, 4) is 11.3 Å². The zero-order chi connectivity index (χ0) is 18.6. The second-order valence-corrected chi connectivity index (χ2v) is 7.41. The molecule has 0 unspecified atom stereocenters. The zero-order valence-electron chi connectivity index (χ0n) is 15.9. The molecule has 2 aliphatic heterocycles. The normalized spacial score (nSPS) is 19.6. The summed E-state index contributed by atoms with van der Waals surface area (Å²) in [5.41, 5.74) is 2.84. The summed E-state index contributed by atoms with van der Waals surface area (Å²) >= 11 is 0. The minimum atomic E-state index is 0.0538. The Morgan fingerprint density at radius 1 is 1.22 bits per heavy atom. The monoisotopic (exact) mass is 369 g/mol. The molecule has 1 aromatic heterocycles. The van der Waals surface area contributed by atoms with E-state index in [2.05, 4.69) is 10.1 Å². The first-order valence-electron chi connectivity index (χ1n) is 9.88. The molecule has 6 nitrogen and oxygen atoms in total. The van der Waals surface area contributed by atoms with E-state index >= 15 is 0 Å². The quantitative estimate of drug-likeness (QED) is 0.780. The van der Waals surface area contributed by atoms with Crippen molar-refractivity contribution in [2.24, 2.45) is 0 Å². The van der Waals surface area contributed by atoms with Crippen LogP contribution in [-0.2, 0) is 16.1 Å². The molecule has 6 heteroatoms. The third-order valence-electron chi connectivity index (χ3n) is 5.45. The lowest BCUT2D eigenvalue weighted by Gasteiger charge is -2.25. The summed E-state index contributed by atoms with van der Waals surface area (Å²) in [7, 11) is 0. The van der Waals surface area contributed by atoms with Gasteiger partial charge in [-0.3, -0.25) is 4.79 Å². The molecule has 2 aliphatic rings. The predicted octanol–water partition coefficient (Wildman–Crippen LogP) is 3.47. The molecular formula is C21H27N3O3. The fraction of sp³-hybridized carbons (Fsp3) is 0.524. The molecular weight excluding hydrogens is 342 g/mol. The van der Waals surface area contributed by atoms with Gasteiger partial charge in [0.05, 0.1) is 18.2 Å². The van der Waals surface area contributed by atoms with Crippen LogP contribution in [0.25, 0.3) is 11.3 Å². The van der Waals surface area contributed by atoms with E-state index in [1.54, 1.807) is 6.92 Å². The lowest BCUT2D eigenvalue weighted by Crippen LogP contribution is -2.35. The standard InChI is InChI=1S/C21H27N3O3/c1-16(25)24(14-18-10-7-13-26-18)15-19-20(17-8-3-2-4-9-17)22-27-21(19)23-11-5-6-12-23/h2-4,8-9,18H,5-7,10-15H2,1H3/t18-/m1/s1. The van der Waals surface area contributed by atoms with E-state index in [1.165, 1.54) is 0 Å². The van der Waals surface area contributed by atoms with E-state index < -0.39 is 0 Å². The van der Waals surface area contributed by atoms with Gasteiger partial charge in [-0.05, 0) is 25.7 Å². The van der Waals surface area contributed by atoms with Crippen LogP contribution < -0.4 is 4.90 Å². The van der Waals surface area contributed by atoms with Crippen molar-refractivity contribution in [1.29, 1.82) is 0 Å². The molecule has 0 N–H and O–H groups in total. The molecule has 0 radical (unpaired) electrons. The lowest BCUT2D eigenvalue weighted by molar-refractivity contribution is -0.131. The van der Waals surface area contributed by atoms with Gasteiger partial charge in [0.2, 0.25) is 11.8 Å². The Kier molecular flexibility index (Phi) is 5.43. The van der Waals surface area contributed by atoms with Crippen LogP contribution in [0.3, 0.4) is 0 Å². The number of hydrogen-bond donors (Lipinski definition) is 0. The number of benzene rings is 1. The Morgan fingerprint density at radius 3 is 2.67 bits per heavy atom. The number of ether oxygens (including phenoxy) is 1. The van der Waals surface area contributed by atoms with Crippen molar-refractivity contribution < 1.29 is 14.1 Å². The van der Waals surface area contributed by atoms with E-state index in [0.717, 1.165) is 68.1 Å². The van der Waals surface area contributed by atoms with Crippen LogP contribution in [0.2, 0.25) is 0 Å². The molecule has 2 aromatic rings. The SMILES string of the molecule is CC(=O)N(Cc1c(-c2ccccc2)noc1N1CCCC1)C[C@H]1CCCO1. The number of carbonyl (C=O) groups is 1. The van der Waals surface area contributed by atoms with Crippen LogP contribution in [0.5, 0.6) is 0 Å². The number of aromatic nitrogens is 1. The van der Waals surface area contributed by atoms with Crippen molar-refractivity contribution >= 4 is 11.8 Å². The van der Waals surface area contributed by atoms with Crippen molar-refractivity contribution in [2.75, 3.05) is 31.1 Å². The topological polar surface area (TPSA) is 58.8 Å². The number of nitrogens with zero attached hydrogens (tertiary/aromatic N) is 3. The zero-order valence-corrected chi connectivity index (χ0v) is 15.9. The van der Waals surface area contributed by atoms with Crippen LogP contribution in [0.15, 0.2) is 34.9 Å². The van der Waals surface area contributed by atoms with E-state index in [-0.39, 0.29) is 12.0 Å². The first kappa shape index (κ1) is 18.0. The van der Waals surface area contributed by atoms with Gasteiger partial charge in [-0.1, -0.05) is 35.5 Å². The van der Waals surface area contributed by atoms with Gasteiger partial charge >= 0.3 is 0 Å². The number of amides is 1. The highest BCUT2D eigenvalue weighted by Crippen LogP contribution is 2.34. The summed E-state index contributed by atoms with van der Waals surface area (Å²) < 4.78 is 11.5. The van der Waals surface area contributed by atoms with Crippen LogP contribution >= 0.6 is 0 Å². The highest BCUT2D eigenvalue weighted by atomic mass is 16.5. The van der Waals surface area contributed by atoms with Gasteiger partial charge in [0.25, 0.3) is 0 Å². The van der Waals surface area contributed by atoms with Crippen LogP contribution in [-0.4, -0.2) is 48.3 Å². The number of hydrogen-bond acceptors (Lipinski definition) is 5. The smallest absolute Gasteiger partial charge is 0.232 e. The van der Waals surface area contributed by atoms with E-state index in [0.29, 0.717) is 13.1 Å². The minimum Gasteiger partial charge on any atom is -0.376 e. The maximum absolute atomic E-state index is 12.3. The van der Waals surface area contributed by atoms with Gasteiger partial charge in [-0.15, -0.1) is 0 Å². The van der Waals surface area contributed by atoms with Gasteiger partial charge in [0, 0.05) is 38.7 Å². The Bertz CT molecular complexity index is 762. The lowest BCUT2D eigenvalue weighted by atomic mass is 10.1. The molecule has 27 heavy (non-hydrogen) atoms. The Morgan fingerprint density at radius 2 is 2.00 bits per heavy atom. The number of anilines is 1. The third-order valence-corrected chi connectivity index (χ3v) is 5.45.